The highest BCUT2D eigenvalue weighted by atomic mass is 32.1. The summed E-state index contributed by atoms with van der Waals surface area (Å²) in [6.07, 6.45) is 0.483. The number of nitro benzene ring substituents is 1. The van der Waals surface area contributed by atoms with Crippen molar-refractivity contribution in [2.75, 3.05) is 0 Å². The first-order valence-corrected chi connectivity index (χ1v) is 6.44. The number of hydrogen-bond donors (Lipinski definition) is 1. The Morgan fingerprint density at radius 3 is 2.67 bits per heavy atom. The van der Waals surface area contributed by atoms with Gasteiger partial charge >= 0.3 is 0 Å². The third kappa shape index (κ3) is 2.75. The van der Waals surface area contributed by atoms with Gasteiger partial charge in [-0.05, 0) is 25.5 Å². The maximum Gasteiger partial charge on any atom is 0.272 e. The molecule has 2 rings (SSSR count). The van der Waals surface area contributed by atoms with E-state index in [0.717, 1.165) is 4.88 Å². The van der Waals surface area contributed by atoms with Gasteiger partial charge in [0.15, 0.2) is 0 Å². The van der Waals surface area contributed by atoms with Gasteiger partial charge in [-0.25, -0.2) is 0 Å². The van der Waals surface area contributed by atoms with E-state index in [9.17, 15) is 10.1 Å². The molecule has 1 heterocycles. The van der Waals surface area contributed by atoms with Crippen molar-refractivity contribution in [3.63, 3.8) is 0 Å². The van der Waals surface area contributed by atoms with Crippen molar-refractivity contribution in [3.05, 3.63) is 61.8 Å². The zero-order chi connectivity index (χ0) is 13.1. The summed E-state index contributed by atoms with van der Waals surface area (Å²) in [7, 11) is 0. The fraction of sp³-hybridized carbons (Fsp3) is 0.231. The Morgan fingerprint density at radius 2 is 2.06 bits per heavy atom. The topological polar surface area (TPSA) is 69.2 Å². The van der Waals surface area contributed by atoms with Crippen LogP contribution in [0.5, 0.6) is 0 Å². The molecule has 0 saturated heterocycles. The highest BCUT2D eigenvalue weighted by Gasteiger charge is 2.16. The Kier molecular flexibility index (Phi) is 3.74. The maximum absolute atomic E-state index is 10.9. The first kappa shape index (κ1) is 12.7. The average Bonchev–Trinajstić information content (AvgIpc) is 2.76. The Morgan fingerprint density at radius 1 is 1.33 bits per heavy atom. The van der Waals surface area contributed by atoms with Crippen LogP contribution in [0.25, 0.3) is 0 Å². The molecule has 4 nitrogen and oxygen atoms in total. The van der Waals surface area contributed by atoms with Crippen LogP contribution in [0.2, 0.25) is 0 Å². The smallest absolute Gasteiger partial charge is 0.272 e. The third-order valence-electron chi connectivity index (χ3n) is 2.75. The molecule has 94 valence electrons. The summed E-state index contributed by atoms with van der Waals surface area (Å²) in [6.45, 7) is 2.02. The van der Waals surface area contributed by atoms with E-state index in [-0.39, 0.29) is 16.7 Å². The lowest BCUT2D eigenvalue weighted by molar-refractivity contribution is -0.385. The third-order valence-corrected chi connectivity index (χ3v) is 3.89. The Bertz CT molecular complexity index is 566. The van der Waals surface area contributed by atoms with Crippen LogP contribution in [-0.4, -0.2) is 4.92 Å². The SMILES string of the molecule is Cc1ccc(C(N)Cc2ccccc2[N+](=O)[O-])s1. The minimum Gasteiger partial charge on any atom is -0.323 e. The number of hydrogen-bond acceptors (Lipinski definition) is 4. The van der Waals surface area contributed by atoms with Crippen LogP contribution in [0, 0.1) is 17.0 Å². The maximum atomic E-state index is 10.9. The number of nitrogens with zero attached hydrogens (tertiary/aromatic N) is 1. The molecule has 0 aliphatic carbocycles. The van der Waals surface area contributed by atoms with E-state index in [1.165, 1.54) is 10.9 Å². The van der Waals surface area contributed by atoms with Crippen molar-refractivity contribution < 1.29 is 4.92 Å². The zero-order valence-corrected chi connectivity index (χ0v) is 10.8. The van der Waals surface area contributed by atoms with Gasteiger partial charge in [0.1, 0.15) is 0 Å². The molecule has 2 aromatic rings. The number of aryl methyl sites for hydroxylation is 1. The molecule has 1 aromatic heterocycles. The second-order valence-corrected chi connectivity index (χ2v) is 5.46. The summed E-state index contributed by atoms with van der Waals surface area (Å²) in [5.74, 6) is 0. The summed E-state index contributed by atoms with van der Waals surface area (Å²) in [6, 6.07) is 10.6. The summed E-state index contributed by atoms with van der Waals surface area (Å²) in [5.41, 5.74) is 6.92. The van der Waals surface area contributed by atoms with Gasteiger partial charge in [-0.3, -0.25) is 10.1 Å². The standard InChI is InChI=1S/C13H14N2O2S/c1-9-6-7-13(18-9)11(14)8-10-4-2-3-5-12(10)15(16)17/h2-7,11H,8,14H2,1H3. The van der Waals surface area contributed by atoms with Gasteiger partial charge in [-0.15, -0.1) is 11.3 Å². The Labute approximate surface area is 109 Å². The largest absolute Gasteiger partial charge is 0.323 e. The summed E-state index contributed by atoms with van der Waals surface area (Å²) >= 11 is 1.63. The monoisotopic (exact) mass is 262 g/mol. The second kappa shape index (κ2) is 5.29. The quantitative estimate of drug-likeness (QED) is 0.679. The molecule has 2 N–H and O–H groups in total. The fourth-order valence-corrected chi connectivity index (χ4v) is 2.73. The molecule has 0 radical (unpaired) electrons. The first-order valence-electron chi connectivity index (χ1n) is 5.62. The van der Waals surface area contributed by atoms with Gasteiger partial charge in [0, 0.05) is 27.4 Å². The van der Waals surface area contributed by atoms with E-state index in [2.05, 4.69) is 0 Å². The Balaban J connectivity index is 2.21. The van der Waals surface area contributed by atoms with Gasteiger partial charge in [-0.2, -0.15) is 0 Å². The lowest BCUT2D eigenvalue weighted by atomic mass is 10.0. The van der Waals surface area contributed by atoms with Gasteiger partial charge in [0.05, 0.1) is 4.92 Å². The molecule has 0 bridgehead atoms. The van der Waals surface area contributed by atoms with Crippen molar-refractivity contribution in [2.24, 2.45) is 5.73 Å². The highest BCUT2D eigenvalue weighted by Crippen LogP contribution is 2.27. The van der Waals surface area contributed by atoms with Crippen molar-refractivity contribution in [2.45, 2.75) is 19.4 Å². The molecule has 1 unspecified atom stereocenters. The van der Waals surface area contributed by atoms with Crippen LogP contribution in [0.1, 0.15) is 21.4 Å². The van der Waals surface area contributed by atoms with Crippen LogP contribution in [0.3, 0.4) is 0 Å². The van der Waals surface area contributed by atoms with Crippen LogP contribution < -0.4 is 5.73 Å². The average molecular weight is 262 g/mol. The van der Waals surface area contributed by atoms with E-state index >= 15 is 0 Å². The van der Waals surface area contributed by atoms with E-state index in [0.29, 0.717) is 12.0 Å². The van der Waals surface area contributed by atoms with Crippen molar-refractivity contribution in [1.29, 1.82) is 0 Å². The minimum atomic E-state index is -0.359. The molecule has 5 heteroatoms. The lowest BCUT2D eigenvalue weighted by Gasteiger charge is -2.09. The van der Waals surface area contributed by atoms with Gasteiger partial charge in [0.25, 0.3) is 5.69 Å². The van der Waals surface area contributed by atoms with Crippen molar-refractivity contribution >= 4 is 17.0 Å². The van der Waals surface area contributed by atoms with Crippen molar-refractivity contribution in [1.82, 2.24) is 0 Å². The minimum absolute atomic E-state index is 0.140. The Hall–Kier alpha value is -1.72. The summed E-state index contributed by atoms with van der Waals surface area (Å²) < 4.78 is 0. The number of thiophene rings is 1. The predicted octanol–water partition coefficient (Wildman–Crippen LogP) is 3.21. The molecule has 0 saturated carbocycles. The number of para-hydroxylation sites is 1. The summed E-state index contributed by atoms with van der Waals surface area (Å²) in [4.78, 5) is 12.8. The molecule has 18 heavy (non-hydrogen) atoms. The van der Waals surface area contributed by atoms with Gasteiger partial charge in [0.2, 0.25) is 0 Å². The number of nitrogens with two attached hydrogens (primary N) is 1. The number of benzene rings is 1. The highest BCUT2D eigenvalue weighted by molar-refractivity contribution is 7.12. The second-order valence-electron chi connectivity index (χ2n) is 4.14. The van der Waals surface area contributed by atoms with Crippen LogP contribution in [0.15, 0.2) is 36.4 Å². The van der Waals surface area contributed by atoms with Crippen LogP contribution >= 0.6 is 11.3 Å². The van der Waals surface area contributed by atoms with E-state index in [4.69, 9.17) is 5.73 Å². The molecule has 0 fully saturated rings. The van der Waals surface area contributed by atoms with Crippen LogP contribution in [0.4, 0.5) is 5.69 Å². The lowest BCUT2D eigenvalue weighted by Crippen LogP contribution is -2.12. The molecule has 0 spiro atoms. The molecular formula is C13H14N2O2S. The molecular weight excluding hydrogens is 248 g/mol. The van der Waals surface area contributed by atoms with Gasteiger partial charge in [-0.1, -0.05) is 18.2 Å². The molecule has 0 aliphatic rings. The number of nitro groups is 1. The normalized spacial score (nSPS) is 12.3. The van der Waals surface area contributed by atoms with Crippen LogP contribution in [-0.2, 0) is 6.42 Å². The number of rotatable bonds is 4. The van der Waals surface area contributed by atoms with Crippen molar-refractivity contribution in [3.8, 4) is 0 Å². The molecule has 0 aliphatic heterocycles. The fourth-order valence-electron chi connectivity index (χ4n) is 1.85. The van der Waals surface area contributed by atoms with Gasteiger partial charge < -0.3 is 5.73 Å². The molecule has 0 amide bonds. The predicted molar refractivity (Wildman–Crippen MR) is 72.8 cm³/mol. The van der Waals surface area contributed by atoms with E-state index in [1.807, 2.05) is 19.1 Å². The first-order chi connectivity index (χ1) is 8.58. The molecule has 1 atom stereocenters. The zero-order valence-electron chi connectivity index (χ0n) is 10.00. The summed E-state index contributed by atoms with van der Waals surface area (Å²) in [5, 5.41) is 10.9. The van der Waals surface area contributed by atoms with E-state index in [1.54, 1.807) is 29.5 Å². The molecule has 1 aromatic carbocycles. The van der Waals surface area contributed by atoms with E-state index < -0.39 is 0 Å².